The molecule has 0 bridgehead atoms. The highest BCUT2D eigenvalue weighted by molar-refractivity contribution is 5.41. The van der Waals surface area contributed by atoms with Gasteiger partial charge in [0, 0.05) is 7.11 Å². The number of H-pyrrole nitrogens is 1. The number of hydrogen-bond acceptors (Lipinski definition) is 7. The second-order valence-electron chi connectivity index (χ2n) is 5.08. The van der Waals surface area contributed by atoms with E-state index in [0.29, 0.717) is 11.6 Å². The predicted molar refractivity (Wildman–Crippen MR) is 70.5 cm³/mol. The number of aromatic nitrogens is 5. The van der Waals surface area contributed by atoms with Crippen LogP contribution in [-0.4, -0.2) is 32.4 Å². The van der Waals surface area contributed by atoms with Crippen molar-refractivity contribution in [1.82, 2.24) is 25.3 Å². The highest BCUT2D eigenvalue weighted by Gasteiger charge is 2.37. The van der Waals surface area contributed by atoms with Crippen molar-refractivity contribution in [1.29, 1.82) is 0 Å². The van der Waals surface area contributed by atoms with Gasteiger partial charge in [-0.15, -0.1) is 5.10 Å². The molecule has 0 saturated heterocycles. The zero-order valence-corrected chi connectivity index (χ0v) is 11.4. The van der Waals surface area contributed by atoms with Gasteiger partial charge in [0.2, 0.25) is 17.6 Å². The molecule has 0 radical (unpaired) electrons. The highest BCUT2D eigenvalue weighted by Crippen LogP contribution is 2.37. The van der Waals surface area contributed by atoms with Crippen molar-refractivity contribution < 1.29 is 9.26 Å². The smallest absolute Gasteiger partial charge is 0.295 e. The Balaban J connectivity index is 1.91. The van der Waals surface area contributed by atoms with Gasteiger partial charge in [-0.1, -0.05) is 30.8 Å². The monoisotopic (exact) mass is 278 g/mol. The minimum Gasteiger partial charge on any atom is -0.370 e. The first-order chi connectivity index (χ1) is 9.73. The molecule has 3 rings (SSSR count). The van der Waals surface area contributed by atoms with E-state index in [9.17, 15) is 0 Å². The number of nitrogen functional groups attached to an aromatic ring is 1. The second-order valence-corrected chi connectivity index (χ2v) is 5.08. The van der Waals surface area contributed by atoms with Gasteiger partial charge in [-0.25, -0.2) is 0 Å². The van der Waals surface area contributed by atoms with E-state index in [-0.39, 0.29) is 11.8 Å². The van der Waals surface area contributed by atoms with E-state index in [1.54, 1.807) is 7.11 Å². The van der Waals surface area contributed by atoms with Crippen LogP contribution in [0.1, 0.15) is 44.3 Å². The van der Waals surface area contributed by atoms with E-state index in [1.165, 1.54) is 12.8 Å². The third kappa shape index (κ3) is 2.26. The fraction of sp³-hybridized carbons (Fsp3) is 0.667. The molecule has 1 saturated carbocycles. The molecule has 108 valence electrons. The Labute approximate surface area is 116 Å². The molecule has 0 amide bonds. The largest absolute Gasteiger partial charge is 0.370 e. The summed E-state index contributed by atoms with van der Waals surface area (Å²) in [5, 5.41) is 10.5. The summed E-state index contributed by atoms with van der Waals surface area (Å²) in [5.74, 6) is 1.38. The first-order valence-electron chi connectivity index (χ1n) is 6.81. The molecule has 0 unspecified atom stereocenters. The summed E-state index contributed by atoms with van der Waals surface area (Å²) in [6.45, 7) is 0. The maximum Gasteiger partial charge on any atom is 0.295 e. The van der Waals surface area contributed by atoms with E-state index < -0.39 is 5.60 Å². The van der Waals surface area contributed by atoms with E-state index in [4.69, 9.17) is 15.0 Å². The minimum atomic E-state index is -0.455. The quantitative estimate of drug-likeness (QED) is 0.819. The van der Waals surface area contributed by atoms with Crippen LogP contribution in [0.3, 0.4) is 0 Å². The molecule has 0 atom stereocenters. The summed E-state index contributed by atoms with van der Waals surface area (Å²) >= 11 is 0. The molecule has 2 aromatic heterocycles. The van der Waals surface area contributed by atoms with Gasteiger partial charge in [-0.2, -0.15) is 9.97 Å². The summed E-state index contributed by atoms with van der Waals surface area (Å²) in [7, 11) is 1.70. The number of nitrogens with one attached hydrogen (secondary N) is 1. The van der Waals surface area contributed by atoms with Crippen molar-refractivity contribution in [2.45, 2.75) is 44.1 Å². The Morgan fingerprint density at radius 3 is 2.55 bits per heavy atom. The van der Waals surface area contributed by atoms with Crippen LogP contribution in [0.2, 0.25) is 0 Å². The molecule has 20 heavy (non-hydrogen) atoms. The van der Waals surface area contributed by atoms with Crippen LogP contribution < -0.4 is 5.73 Å². The number of nitrogens with two attached hydrogens (primary N) is 1. The molecular weight excluding hydrogens is 260 g/mol. The van der Waals surface area contributed by atoms with Gasteiger partial charge in [0.25, 0.3) is 5.89 Å². The van der Waals surface area contributed by atoms with Crippen molar-refractivity contribution in [3.05, 3.63) is 5.82 Å². The van der Waals surface area contributed by atoms with Gasteiger partial charge in [-0.3, -0.25) is 5.10 Å². The fourth-order valence-corrected chi connectivity index (χ4v) is 2.69. The Bertz CT molecular complexity index is 570. The average molecular weight is 278 g/mol. The van der Waals surface area contributed by atoms with Gasteiger partial charge >= 0.3 is 0 Å². The van der Waals surface area contributed by atoms with E-state index >= 15 is 0 Å². The lowest BCUT2D eigenvalue weighted by molar-refractivity contribution is -0.0365. The van der Waals surface area contributed by atoms with Gasteiger partial charge in [0.05, 0.1) is 0 Å². The Morgan fingerprint density at radius 2 is 1.95 bits per heavy atom. The average Bonchev–Trinajstić information content (AvgIpc) is 3.03. The maximum atomic E-state index is 5.74. The van der Waals surface area contributed by atoms with Gasteiger partial charge in [0.1, 0.15) is 5.60 Å². The van der Waals surface area contributed by atoms with Crippen LogP contribution in [-0.2, 0) is 10.3 Å². The zero-order valence-electron chi connectivity index (χ0n) is 11.4. The van der Waals surface area contributed by atoms with Crippen molar-refractivity contribution >= 4 is 5.95 Å². The van der Waals surface area contributed by atoms with Gasteiger partial charge in [-0.05, 0) is 12.8 Å². The highest BCUT2D eigenvalue weighted by atomic mass is 16.5. The van der Waals surface area contributed by atoms with Crippen LogP contribution >= 0.6 is 0 Å². The summed E-state index contributed by atoms with van der Waals surface area (Å²) in [6, 6.07) is 0. The number of hydrogen-bond donors (Lipinski definition) is 2. The van der Waals surface area contributed by atoms with Crippen LogP contribution in [0.5, 0.6) is 0 Å². The summed E-state index contributed by atoms with van der Waals surface area (Å²) in [6.07, 6.45) is 6.45. The molecular formula is C12H18N6O2. The van der Waals surface area contributed by atoms with E-state index in [1.807, 2.05) is 0 Å². The standard InChI is InChI=1S/C12H18N6O2/c1-19-12(6-4-2-3-5-7-12)10-15-9(20-18-10)8-14-11(13)17-16-8/h2-7H2,1H3,(H3,13,14,16,17). The zero-order chi connectivity index (χ0) is 14.0. The first kappa shape index (κ1) is 13.0. The lowest BCUT2D eigenvalue weighted by atomic mass is 9.93. The summed E-state index contributed by atoms with van der Waals surface area (Å²) in [4.78, 5) is 8.39. The van der Waals surface area contributed by atoms with Crippen molar-refractivity contribution in [3.63, 3.8) is 0 Å². The van der Waals surface area contributed by atoms with E-state index in [0.717, 1.165) is 25.7 Å². The topological polar surface area (TPSA) is 116 Å². The lowest BCUT2D eigenvalue weighted by Crippen LogP contribution is -2.29. The lowest BCUT2D eigenvalue weighted by Gasteiger charge is -2.27. The van der Waals surface area contributed by atoms with Crippen LogP contribution in [0.4, 0.5) is 5.95 Å². The minimum absolute atomic E-state index is 0.149. The second kappa shape index (κ2) is 5.20. The van der Waals surface area contributed by atoms with Crippen LogP contribution in [0, 0.1) is 0 Å². The molecule has 0 spiro atoms. The van der Waals surface area contributed by atoms with Crippen molar-refractivity contribution in [3.8, 4) is 11.7 Å². The number of rotatable bonds is 3. The number of nitrogens with zero attached hydrogens (tertiary/aromatic N) is 4. The van der Waals surface area contributed by atoms with Gasteiger partial charge in [0.15, 0.2) is 0 Å². The molecule has 8 heteroatoms. The first-order valence-corrected chi connectivity index (χ1v) is 6.81. The number of anilines is 1. The molecule has 0 aliphatic heterocycles. The molecule has 8 nitrogen and oxygen atoms in total. The molecule has 2 aromatic rings. The molecule has 2 heterocycles. The Hall–Kier alpha value is -1.96. The maximum absolute atomic E-state index is 5.74. The molecule has 1 aliphatic rings. The normalized spacial score (nSPS) is 18.9. The number of methoxy groups -OCH3 is 1. The Morgan fingerprint density at radius 1 is 1.20 bits per heavy atom. The molecule has 1 fully saturated rings. The predicted octanol–water partition coefficient (Wildman–Crippen LogP) is 1.63. The summed E-state index contributed by atoms with van der Waals surface area (Å²) < 4.78 is 11.0. The molecule has 0 aromatic carbocycles. The van der Waals surface area contributed by atoms with Crippen LogP contribution in [0.15, 0.2) is 4.52 Å². The fourth-order valence-electron chi connectivity index (χ4n) is 2.69. The third-order valence-electron chi connectivity index (χ3n) is 3.84. The van der Waals surface area contributed by atoms with Crippen molar-refractivity contribution in [2.75, 3.05) is 12.8 Å². The van der Waals surface area contributed by atoms with Crippen molar-refractivity contribution in [2.24, 2.45) is 0 Å². The summed E-state index contributed by atoms with van der Waals surface area (Å²) in [5.41, 5.74) is 5.02. The molecule has 3 N–H and O–H groups in total. The SMILES string of the molecule is COC1(c2noc(-c3nc(N)n[nH]3)n2)CCCCCC1. The van der Waals surface area contributed by atoms with Gasteiger partial charge < -0.3 is 15.0 Å². The third-order valence-corrected chi connectivity index (χ3v) is 3.84. The van der Waals surface area contributed by atoms with E-state index in [2.05, 4.69) is 25.3 Å². The number of ether oxygens (including phenoxy) is 1. The Kier molecular flexibility index (Phi) is 3.39. The molecule has 1 aliphatic carbocycles. The number of aromatic amines is 1. The van der Waals surface area contributed by atoms with Crippen LogP contribution in [0.25, 0.3) is 11.7 Å².